The summed E-state index contributed by atoms with van der Waals surface area (Å²) in [6.45, 7) is 5.42. The molecule has 0 aliphatic heterocycles. The SMILES string of the molecule is CCOC(=O)c1c(CC(C)C)csc1NC(=O)COC(=O)c1ccc(CO)cc1. The Morgan fingerprint density at radius 2 is 1.79 bits per heavy atom. The molecule has 29 heavy (non-hydrogen) atoms. The van der Waals surface area contributed by atoms with E-state index in [4.69, 9.17) is 14.6 Å². The Bertz CT molecular complexity index is 857. The van der Waals surface area contributed by atoms with Gasteiger partial charge in [-0.25, -0.2) is 9.59 Å². The van der Waals surface area contributed by atoms with Crippen molar-refractivity contribution in [3.8, 4) is 0 Å². The van der Waals surface area contributed by atoms with E-state index >= 15 is 0 Å². The molecule has 0 saturated carbocycles. The number of carbonyl (C=O) groups is 3. The zero-order chi connectivity index (χ0) is 21.4. The van der Waals surface area contributed by atoms with Crippen molar-refractivity contribution < 1.29 is 29.0 Å². The number of rotatable bonds is 9. The third kappa shape index (κ3) is 6.40. The summed E-state index contributed by atoms with van der Waals surface area (Å²) < 4.78 is 10.1. The molecule has 1 aromatic carbocycles. The maximum absolute atomic E-state index is 12.3. The van der Waals surface area contributed by atoms with E-state index in [9.17, 15) is 14.4 Å². The highest BCUT2D eigenvalue weighted by Crippen LogP contribution is 2.31. The third-order valence-corrected chi connectivity index (χ3v) is 4.88. The molecule has 2 N–H and O–H groups in total. The predicted molar refractivity (Wildman–Crippen MR) is 110 cm³/mol. The molecule has 7 nitrogen and oxygen atoms in total. The lowest BCUT2D eigenvalue weighted by Gasteiger charge is -2.10. The molecule has 0 unspecified atom stereocenters. The van der Waals surface area contributed by atoms with E-state index in [1.54, 1.807) is 19.1 Å². The van der Waals surface area contributed by atoms with Crippen LogP contribution in [0.5, 0.6) is 0 Å². The van der Waals surface area contributed by atoms with Crippen molar-refractivity contribution in [2.24, 2.45) is 5.92 Å². The van der Waals surface area contributed by atoms with Crippen molar-refractivity contribution in [3.05, 3.63) is 51.9 Å². The first-order valence-corrected chi connectivity index (χ1v) is 10.2. The minimum atomic E-state index is -0.651. The number of amides is 1. The van der Waals surface area contributed by atoms with Gasteiger partial charge in [-0.2, -0.15) is 0 Å². The number of ether oxygens (including phenoxy) is 2. The molecule has 156 valence electrons. The number of anilines is 1. The quantitative estimate of drug-likeness (QED) is 0.604. The van der Waals surface area contributed by atoms with Crippen molar-refractivity contribution in [3.63, 3.8) is 0 Å². The van der Waals surface area contributed by atoms with Crippen molar-refractivity contribution in [1.29, 1.82) is 0 Å². The molecule has 0 bridgehead atoms. The first-order chi connectivity index (χ1) is 13.8. The number of esters is 2. The number of hydrogen-bond acceptors (Lipinski definition) is 7. The molecule has 0 fully saturated rings. The maximum Gasteiger partial charge on any atom is 0.341 e. The van der Waals surface area contributed by atoms with Gasteiger partial charge in [0.15, 0.2) is 6.61 Å². The van der Waals surface area contributed by atoms with Crippen LogP contribution in [0.25, 0.3) is 0 Å². The summed E-state index contributed by atoms with van der Waals surface area (Å²) in [5.74, 6) is -1.35. The molecule has 8 heteroatoms. The van der Waals surface area contributed by atoms with Gasteiger partial charge in [0.2, 0.25) is 0 Å². The van der Waals surface area contributed by atoms with Gasteiger partial charge in [0.25, 0.3) is 5.91 Å². The summed E-state index contributed by atoms with van der Waals surface area (Å²) in [6.07, 6.45) is 0.680. The van der Waals surface area contributed by atoms with Crippen LogP contribution in [0.4, 0.5) is 5.00 Å². The minimum Gasteiger partial charge on any atom is -0.462 e. The van der Waals surface area contributed by atoms with Gasteiger partial charge < -0.3 is 19.9 Å². The van der Waals surface area contributed by atoms with Crippen LogP contribution >= 0.6 is 11.3 Å². The van der Waals surface area contributed by atoms with Crippen LogP contribution in [0.3, 0.4) is 0 Å². The largest absolute Gasteiger partial charge is 0.462 e. The second-order valence-corrected chi connectivity index (χ2v) is 7.64. The number of benzene rings is 1. The van der Waals surface area contributed by atoms with Crippen LogP contribution in [0.15, 0.2) is 29.6 Å². The number of aliphatic hydroxyl groups is 1. The van der Waals surface area contributed by atoms with Gasteiger partial charge in [0.1, 0.15) is 5.00 Å². The van der Waals surface area contributed by atoms with Gasteiger partial charge in [0.05, 0.1) is 24.3 Å². The fourth-order valence-corrected chi connectivity index (χ4v) is 3.61. The molecule has 0 spiro atoms. The third-order valence-electron chi connectivity index (χ3n) is 3.93. The van der Waals surface area contributed by atoms with Crippen LogP contribution in [0.1, 0.15) is 52.6 Å². The second-order valence-electron chi connectivity index (χ2n) is 6.76. The monoisotopic (exact) mass is 419 g/mol. The zero-order valence-electron chi connectivity index (χ0n) is 16.7. The molecule has 1 heterocycles. The normalized spacial score (nSPS) is 10.7. The van der Waals surface area contributed by atoms with Crippen LogP contribution in [-0.2, 0) is 27.3 Å². The molecule has 0 radical (unpaired) electrons. The van der Waals surface area contributed by atoms with E-state index in [0.29, 0.717) is 28.5 Å². The minimum absolute atomic E-state index is 0.125. The van der Waals surface area contributed by atoms with Gasteiger partial charge in [-0.3, -0.25) is 4.79 Å². The van der Waals surface area contributed by atoms with Gasteiger partial charge >= 0.3 is 11.9 Å². The Hall–Kier alpha value is -2.71. The molecule has 2 aromatic rings. The Morgan fingerprint density at radius 3 is 2.38 bits per heavy atom. The van der Waals surface area contributed by atoms with Gasteiger partial charge in [0, 0.05) is 0 Å². The lowest BCUT2D eigenvalue weighted by Crippen LogP contribution is -2.22. The fourth-order valence-electron chi connectivity index (χ4n) is 2.63. The molecule has 0 saturated heterocycles. The molecule has 0 aliphatic carbocycles. The Morgan fingerprint density at radius 1 is 1.10 bits per heavy atom. The average molecular weight is 419 g/mol. The number of aliphatic hydroxyl groups excluding tert-OH is 1. The van der Waals surface area contributed by atoms with Crippen molar-refractivity contribution >= 4 is 34.2 Å². The Kier molecular flexibility index (Phi) is 8.35. The standard InChI is InChI=1S/C21H25NO6S/c1-4-27-21(26)18-16(9-13(2)3)12-29-19(18)22-17(24)11-28-20(25)15-7-5-14(10-23)6-8-15/h5-8,12-13,23H,4,9-11H2,1-3H3,(H,22,24). The zero-order valence-corrected chi connectivity index (χ0v) is 17.5. The van der Waals surface area contributed by atoms with E-state index in [-0.39, 0.29) is 18.8 Å². The summed E-state index contributed by atoms with van der Waals surface area (Å²) in [6, 6.07) is 6.23. The summed E-state index contributed by atoms with van der Waals surface area (Å²) >= 11 is 1.24. The average Bonchev–Trinajstić information content (AvgIpc) is 3.07. The smallest absolute Gasteiger partial charge is 0.341 e. The van der Waals surface area contributed by atoms with Crippen LogP contribution < -0.4 is 5.32 Å². The predicted octanol–water partition coefficient (Wildman–Crippen LogP) is 3.41. The highest BCUT2D eigenvalue weighted by molar-refractivity contribution is 7.15. The van der Waals surface area contributed by atoms with Crippen LogP contribution in [0, 0.1) is 5.92 Å². The first-order valence-electron chi connectivity index (χ1n) is 9.29. The van der Waals surface area contributed by atoms with Crippen molar-refractivity contribution in [1.82, 2.24) is 0 Å². The number of thiophene rings is 1. The Balaban J connectivity index is 2.02. The van der Waals surface area contributed by atoms with Crippen molar-refractivity contribution in [2.75, 3.05) is 18.5 Å². The molecule has 0 aliphatic rings. The van der Waals surface area contributed by atoms with E-state index in [0.717, 1.165) is 5.56 Å². The summed E-state index contributed by atoms with van der Waals surface area (Å²) in [5.41, 5.74) is 2.11. The van der Waals surface area contributed by atoms with E-state index < -0.39 is 24.5 Å². The van der Waals surface area contributed by atoms with Crippen molar-refractivity contribution in [2.45, 2.75) is 33.8 Å². The van der Waals surface area contributed by atoms with Crippen LogP contribution in [-0.4, -0.2) is 36.2 Å². The van der Waals surface area contributed by atoms with E-state index in [1.165, 1.54) is 23.5 Å². The van der Waals surface area contributed by atoms with Crippen LogP contribution in [0.2, 0.25) is 0 Å². The Labute approximate surface area is 173 Å². The molecule has 1 aromatic heterocycles. The summed E-state index contributed by atoms with van der Waals surface area (Å²) in [5, 5.41) is 13.9. The number of carbonyl (C=O) groups excluding carboxylic acids is 3. The molecular weight excluding hydrogens is 394 g/mol. The number of hydrogen-bond donors (Lipinski definition) is 2. The topological polar surface area (TPSA) is 102 Å². The lowest BCUT2D eigenvalue weighted by molar-refractivity contribution is -0.119. The van der Waals surface area contributed by atoms with E-state index in [2.05, 4.69) is 5.32 Å². The summed E-state index contributed by atoms with van der Waals surface area (Å²) in [4.78, 5) is 36.6. The highest BCUT2D eigenvalue weighted by Gasteiger charge is 2.22. The number of nitrogens with one attached hydrogen (secondary N) is 1. The molecular formula is C21H25NO6S. The molecule has 1 amide bonds. The summed E-state index contributed by atoms with van der Waals surface area (Å²) in [7, 11) is 0. The first kappa shape index (κ1) is 22.6. The second kappa shape index (κ2) is 10.7. The highest BCUT2D eigenvalue weighted by atomic mass is 32.1. The molecule has 0 atom stereocenters. The maximum atomic E-state index is 12.3. The van der Waals surface area contributed by atoms with Gasteiger partial charge in [-0.05, 0) is 47.9 Å². The van der Waals surface area contributed by atoms with E-state index in [1.807, 2.05) is 19.2 Å². The fraction of sp³-hybridized carbons (Fsp3) is 0.381. The van der Waals surface area contributed by atoms with Gasteiger partial charge in [-0.15, -0.1) is 11.3 Å². The lowest BCUT2D eigenvalue weighted by atomic mass is 10.0. The van der Waals surface area contributed by atoms with Gasteiger partial charge in [-0.1, -0.05) is 26.0 Å². The molecule has 2 rings (SSSR count).